The van der Waals surface area contributed by atoms with Gasteiger partial charge in [0.25, 0.3) is 0 Å². The molecule has 0 amide bonds. The molecule has 0 saturated carbocycles. The van der Waals surface area contributed by atoms with E-state index in [1.807, 2.05) is 43.3 Å². The minimum atomic E-state index is -0.529. The number of unbranched alkanes of at least 4 members (excludes halogenated alkanes) is 1. The molecule has 0 aromatic heterocycles. The summed E-state index contributed by atoms with van der Waals surface area (Å²) in [6, 6.07) is 17.8. The fraction of sp³-hybridized carbons (Fsp3) is 0.276. The van der Waals surface area contributed by atoms with Crippen molar-refractivity contribution in [3.8, 4) is 11.5 Å². The molecule has 7 nitrogen and oxygen atoms in total. The van der Waals surface area contributed by atoms with Crippen LogP contribution < -0.4 is 9.47 Å². The Morgan fingerprint density at radius 2 is 1.44 bits per heavy atom. The van der Waals surface area contributed by atoms with Gasteiger partial charge in [0.15, 0.2) is 0 Å². The first-order valence-electron chi connectivity index (χ1n) is 11.7. The number of methoxy groups -OCH3 is 1. The molecule has 0 fully saturated rings. The van der Waals surface area contributed by atoms with E-state index in [4.69, 9.17) is 18.9 Å². The molecule has 36 heavy (non-hydrogen) atoms. The van der Waals surface area contributed by atoms with Gasteiger partial charge in [0, 0.05) is 5.57 Å². The first kappa shape index (κ1) is 26.5. The number of esters is 3. The van der Waals surface area contributed by atoms with Crippen LogP contribution in [0.5, 0.6) is 11.5 Å². The third-order valence-corrected chi connectivity index (χ3v) is 5.59. The topological polar surface area (TPSA) is 88.1 Å². The molecule has 0 saturated heterocycles. The van der Waals surface area contributed by atoms with Crippen molar-refractivity contribution in [1.29, 1.82) is 0 Å². The molecule has 1 atom stereocenters. The second-order valence-corrected chi connectivity index (χ2v) is 8.40. The summed E-state index contributed by atoms with van der Waals surface area (Å²) >= 11 is 0. The predicted octanol–water partition coefficient (Wildman–Crippen LogP) is 5.61. The maximum atomic E-state index is 12.5. The molecule has 0 heterocycles. The van der Waals surface area contributed by atoms with E-state index >= 15 is 0 Å². The maximum Gasteiger partial charge on any atom is 0.338 e. The second kappa shape index (κ2) is 12.5. The lowest BCUT2D eigenvalue weighted by atomic mass is 9.98. The van der Waals surface area contributed by atoms with E-state index < -0.39 is 17.9 Å². The normalized spacial score (nSPS) is 11.4. The lowest BCUT2D eigenvalue weighted by Gasteiger charge is -2.13. The second-order valence-electron chi connectivity index (χ2n) is 8.40. The molecule has 0 aliphatic carbocycles. The Hall–Kier alpha value is -4.13. The number of carbonyl (C=O) groups excluding carboxylic acids is 3. The molecule has 0 aliphatic rings. The van der Waals surface area contributed by atoms with E-state index in [2.05, 4.69) is 6.58 Å². The molecule has 0 radical (unpaired) electrons. The van der Waals surface area contributed by atoms with Crippen molar-refractivity contribution in [2.24, 2.45) is 0 Å². The third-order valence-electron chi connectivity index (χ3n) is 5.59. The molecule has 0 unspecified atom stereocenters. The van der Waals surface area contributed by atoms with Crippen LogP contribution in [0, 0.1) is 0 Å². The molecule has 3 rings (SSSR count). The molecule has 0 N–H and O–H groups in total. The van der Waals surface area contributed by atoms with Crippen LogP contribution in [0.4, 0.5) is 0 Å². The first-order valence-corrected chi connectivity index (χ1v) is 11.7. The monoisotopic (exact) mass is 490 g/mol. The van der Waals surface area contributed by atoms with Gasteiger partial charge in [0.05, 0.1) is 31.8 Å². The Bertz CT molecular complexity index is 1240. The summed E-state index contributed by atoms with van der Waals surface area (Å²) in [5.74, 6) is -0.599. The van der Waals surface area contributed by atoms with Crippen LogP contribution in [0.1, 0.15) is 48.5 Å². The van der Waals surface area contributed by atoms with Crippen LogP contribution in [0.15, 0.2) is 72.8 Å². The highest BCUT2D eigenvalue weighted by molar-refractivity contribution is 5.91. The average Bonchev–Trinajstić information content (AvgIpc) is 2.89. The lowest BCUT2D eigenvalue weighted by Crippen LogP contribution is -2.14. The molecule has 0 bridgehead atoms. The van der Waals surface area contributed by atoms with Gasteiger partial charge in [-0.05, 0) is 79.4 Å². The van der Waals surface area contributed by atoms with Crippen LogP contribution in [-0.4, -0.2) is 38.2 Å². The molecule has 7 heteroatoms. The smallest absolute Gasteiger partial charge is 0.338 e. The van der Waals surface area contributed by atoms with E-state index in [1.54, 1.807) is 14.0 Å². The Labute approximate surface area is 210 Å². The summed E-state index contributed by atoms with van der Waals surface area (Å²) in [6.45, 7) is 7.34. The van der Waals surface area contributed by atoms with Gasteiger partial charge in [0.1, 0.15) is 11.5 Å². The van der Waals surface area contributed by atoms with E-state index in [9.17, 15) is 14.4 Å². The molecular weight excluding hydrogens is 460 g/mol. The minimum Gasteiger partial charge on any atom is -0.497 e. The Morgan fingerprint density at radius 1 is 0.833 bits per heavy atom. The van der Waals surface area contributed by atoms with Crippen LogP contribution in [-0.2, 0) is 19.1 Å². The van der Waals surface area contributed by atoms with Crippen molar-refractivity contribution < 1.29 is 33.3 Å². The van der Waals surface area contributed by atoms with Gasteiger partial charge < -0.3 is 18.9 Å². The van der Waals surface area contributed by atoms with Crippen molar-refractivity contribution in [3.63, 3.8) is 0 Å². The van der Waals surface area contributed by atoms with Crippen molar-refractivity contribution in [2.75, 3.05) is 20.3 Å². The highest BCUT2D eigenvalue weighted by Crippen LogP contribution is 2.26. The van der Waals surface area contributed by atoms with Crippen molar-refractivity contribution >= 4 is 28.7 Å². The van der Waals surface area contributed by atoms with Crippen molar-refractivity contribution in [3.05, 3.63) is 83.9 Å². The maximum absolute atomic E-state index is 12.5. The first-order chi connectivity index (χ1) is 17.3. The molecular formula is C29H30O7. The zero-order valence-corrected chi connectivity index (χ0v) is 20.7. The zero-order chi connectivity index (χ0) is 26.1. The Morgan fingerprint density at radius 3 is 2.11 bits per heavy atom. The molecule has 0 spiro atoms. The van der Waals surface area contributed by atoms with Gasteiger partial charge in [-0.2, -0.15) is 0 Å². The van der Waals surface area contributed by atoms with Crippen LogP contribution in [0.25, 0.3) is 10.8 Å². The van der Waals surface area contributed by atoms with Crippen molar-refractivity contribution in [2.45, 2.75) is 32.6 Å². The number of benzene rings is 3. The molecule has 188 valence electrons. The summed E-state index contributed by atoms with van der Waals surface area (Å²) in [5, 5.41) is 2.06. The van der Waals surface area contributed by atoms with E-state index in [1.165, 1.54) is 24.3 Å². The molecule has 3 aromatic carbocycles. The predicted molar refractivity (Wildman–Crippen MR) is 136 cm³/mol. The van der Waals surface area contributed by atoms with E-state index in [-0.39, 0.29) is 24.8 Å². The summed E-state index contributed by atoms with van der Waals surface area (Å²) < 4.78 is 21.0. The Balaban J connectivity index is 1.37. The number of rotatable bonds is 11. The summed E-state index contributed by atoms with van der Waals surface area (Å²) in [4.78, 5) is 36.2. The van der Waals surface area contributed by atoms with Crippen LogP contribution >= 0.6 is 0 Å². The van der Waals surface area contributed by atoms with Gasteiger partial charge in [0.2, 0.25) is 0 Å². The largest absolute Gasteiger partial charge is 0.497 e. The number of fused-ring (bicyclic) bond motifs is 1. The van der Waals surface area contributed by atoms with Crippen molar-refractivity contribution in [1.82, 2.24) is 0 Å². The van der Waals surface area contributed by atoms with Gasteiger partial charge in [-0.25, -0.2) is 9.59 Å². The SMILES string of the molecule is C=C(C)C(=O)Oc1ccc(C(=O)OCCCCOC(=O)[C@@H](C)c2ccc3cc(OC)ccc3c2)cc1. The van der Waals surface area contributed by atoms with Crippen LogP contribution in [0.2, 0.25) is 0 Å². The summed E-state index contributed by atoms with van der Waals surface area (Å²) in [7, 11) is 1.63. The number of carbonyl (C=O) groups is 3. The fourth-order valence-corrected chi connectivity index (χ4v) is 3.38. The minimum absolute atomic E-state index is 0.201. The van der Waals surface area contributed by atoms with E-state index in [0.29, 0.717) is 24.2 Å². The fourth-order valence-electron chi connectivity index (χ4n) is 3.38. The third kappa shape index (κ3) is 7.18. The average molecular weight is 491 g/mol. The van der Waals surface area contributed by atoms with Gasteiger partial charge in [-0.3, -0.25) is 4.79 Å². The number of hydrogen-bond acceptors (Lipinski definition) is 7. The number of ether oxygens (including phenoxy) is 4. The molecule has 3 aromatic rings. The van der Waals surface area contributed by atoms with Gasteiger partial charge in [-0.15, -0.1) is 0 Å². The Kier molecular flexibility index (Phi) is 9.22. The van der Waals surface area contributed by atoms with Gasteiger partial charge in [-0.1, -0.05) is 30.8 Å². The summed E-state index contributed by atoms with van der Waals surface area (Å²) in [5.41, 5.74) is 1.51. The highest BCUT2D eigenvalue weighted by atomic mass is 16.5. The standard InChI is InChI=1S/C29H30O7/c1-19(2)27(30)36-25-12-9-21(10-13-25)29(32)35-16-6-5-15-34-28(31)20(3)22-7-8-24-18-26(33-4)14-11-23(24)17-22/h7-14,17-18,20H,1,5-6,15-16H2,2-4H3/t20-/m0/s1. The number of hydrogen-bond donors (Lipinski definition) is 0. The van der Waals surface area contributed by atoms with E-state index in [0.717, 1.165) is 22.1 Å². The quantitative estimate of drug-likeness (QED) is 0.149. The highest BCUT2D eigenvalue weighted by Gasteiger charge is 2.17. The summed E-state index contributed by atoms with van der Waals surface area (Å²) in [6.07, 6.45) is 1.12. The van der Waals surface area contributed by atoms with Crippen LogP contribution in [0.3, 0.4) is 0 Å². The zero-order valence-electron chi connectivity index (χ0n) is 20.7. The van der Waals surface area contributed by atoms with Gasteiger partial charge >= 0.3 is 17.9 Å². The lowest BCUT2D eigenvalue weighted by molar-refractivity contribution is -0.145. The molecule has 0 aliphatic heterocycles.